The molecular weight excluding hydrogens is 302 g/mol. The fraction of sp³-hybridized carbons (Fsp3) is 0.474. The second-order valence-corrected chi connectivity index (χ2v) is 6.37. The molecule has 5 heteroatoms. The third-order valence-electron chi connectivity index (χ3n) is 4.64. The van der Waals surface area contributed by atoms with Gasteiger partial charge < -0.3 is 14.3 Å². The van der Waals surface area contributed by atoms with Crippen LogP contribution in [0.3, 0.4) is 0 Å². The predicted octanol–water partition coefficient (Wildman–Crippen LogP) is 2.76. The summed E-state index contributed by atoms with van der Waals surface area (Å²) in [6, 6.07) is 10.6. The van der Waals surface area contributed by atoms with Gasteiger partial charge in [0.1, 0.15) is 11.3 Å². The van der Waals surface area contributed by atoms with E-state index in [2.05, 4.69) is 40.4 Å². The maximum atomic E-state index is 12.5. The van der Waals surface area contributed by atoms with Crippen LogP contribution in [0.4, 0.5) is 0 Å². The van der Waals surface area contributed by atoms with E-state index in [1.165, 1.54) is 11.8 Å². The van der Waals surface area contributed by atoms with Crippen LogP contribution in [0.15, 0.2) is 41.1 Å². The van der Waals surface area contributed by atoms with Crippen LogP contribution < -0.4 is 0 Å². The molecule has 0 bridgehead atoms. The van der Waals surface area contributed by atoms with Crippen LogP contribution in [-0.4, -0.2) is 53.6 Å². The number of hydrogen-bond donors (Lipinski definition) is 0. The fourth-order valence-corrected chi connectivity index (χ4v) is 3.22. The first-order valence-corrected chi connectivity index (χ1v) is 8.71. The quantitative estimate of drug-likeness (QED) is 0.847. The van der Waals surface area contributed by atoms with Gasteiger partial charge in [-0.05, 0) is 44.8 Å². The third kappa shape index (κ3) is 4.23. The number of amides is 1. The minimum Gasteiger partial charge on any atom is -0.361 e. The Morgan fingerprint density at radius 3 is 2.75 bits per heavy atom. The molecule has 0 atom stereocenters. The molecule has 1 aliphatic heterocycles. The summed E-state index contributed by atoms with van der Waals surface area (Å²) in [5, 5.41) is 3.71. The molecule has 0 unspecified atom stereocenters. The molecule has 128 valence electrons. The predicted molar refractivity (Wildman–Crippen MR) is 93.0 cm³/mol. The topological polar surface area (TPSA) is 49.6 Å². The summed E-state index contributed by atoms with van der Waals surface area (Å²) in [6.45, 7) is 6.44. The molecule has 1 aliphatic rings. The Hall–Kier alpha value is -2.14. The second-order valence-electron chi connectivity index (χ2n) is 6.37. The van der Waals surface area contributed by atoms with Gasteiger partial charge in [-0.1, -0.05) is 35.5 Å². The third-order valence-corrected chi connectivity index (χ3v) is 4.64. The van der Waals surface area contributed by atoms with Crippen LogP contribution >= 0.6 is 0 Å². The molecule has 1 fully saturated rings. The lowest BCUT2D eigenvalue weighted by Crippen LogP contribution is -2.35. The lowest BCUT2D eigenvalue weighted by molar-refractivity contribution is 0.0759. The summed E-state index contributed by atoms with van der Waals surface area (Å²) in [4.78, 5) is 16.9. The maximum Gasteiger partial charge on any atom is 0.259 e. The lowest BCUT2D eigenvalue weighted by Gasteiger charge is -2.21. The van der Waals surface area contributed by atoms with Gasteiger partial charge in [0, 0.05) is 19.6 Å². The molecular formula is C19H25N3O2. The van der Waals surface area contributed by atoms with Crippen molar-refractivity contribution in [2.45, 2.75) is 26.2 Å². The largest absolute Gasteiger partial charge is 0.361 e. The van der Waals surface area contributed by atoms with Gasteiger partial charge in [0.15, 0.2) is 0 Å². The summed E-state index contributed by atoms with van der Waals surface area (Å²) in [5.41, 5.74) is 1.99. The molecule has 0 saturated carbocycles. The second kappa shape index (κ2) is 8.11. The number of aromatic nitrogens is 1. The van der Waals surface area contributed by atoms with Crippen molar-refractivity contribution in [3.63, 3.8) is 0 Å². The Morgan fingerprint density at radius 1 is 1.17 bits per heavy atom. The Morgan fingerprint density at radius 2 is 2.00 bits per heavy atom. The molecule has 0 radical (unpaired) electrons. The van der Waals surface area contributed by atoms with Crippen LogP contribution in [0, 0.1) is 6.92 Å². The minimum absolute atomic E-state index is 0.0416. The molecule has 1 aromatic heterocycles. The lowest BCUT2D eigenvalue weighted by atomic mass is 10.1. The van der Waals surface area contributed by atoms with Crippen LogP contribution in [0.1, 0.15) is 34.5 Å². The average Bonchev–Trinajstić information content (AvgIpc) is 2.89. The number of carbonyl (C=O) groups excluding carboxylic acids is 1. The molecule has 2 heterocycles. The minimum atomic E-state index is 0.0416. The van der Waals surface area contributed by atoms with E-state index in [0.29, 0.717) is 11.3 Å². The molecule has 2 aromatic rings. The molecule has 1 amide bonds. The Bertz CT molecular complexity index is 654. The van der Waals surface area contributed by atoms with E-state index in [-0.39, 0.29) is 5.91 Å². The number of rotatable bonds is 5. The Labute approximate surface area is 143 Å². The highest BCUT2D eigenvalue weighted by atomic mass is 16.5. The van der Waals surface area contributed by atoms with Crippen molar-refractivity contribution in [1.82, 2.24) is 15.0 Å². The summed E-state index contributed by atoms with van der Waals surface area (Å²) < 4.78 is 5.02. The zero-order valence-corrected chi connectivity index (χ0v) is 14.3. The van der Waals surface area contributed by atoms with E-state index in [1.54, 1.807) is 6.92 Å². The standard InChI is InChI=1S/C19H25N3O2/c1-16-18(15-20-24-16)19(23)22-12-6-11-21(13-14-22)10-5-9-17-7-3-2-4-8-17/h2-4,7-8,15H,5-6,9-14H2,1H3. The van der Waals surface area contributed by atoms with Crippen molar-refractivity contribution in [1.29, 1.82) is 0 Å². The highest BCUT2D eigenvalue weighted by molar-refractivity contribution is 5.94. The molecule has 0 spiro atoms. The molecule has 1 aromatic carbocycles. The van der Waals surface area contributed by atoms with Crippen LogP contribution in [0.25, 0.3) is 0 Å². The maximum absolute atomic E-state index is 12.5. The SMILES string of the molecule is Cc1oncc1C(=O)N1CCCN(CCCc2ccccc2)CC1. The van der Waals surface area contributed by atoms with E-state index in [9.17, 15) is 4.79 Å². The first kappa shape index (κ1) is 16.7. The van der Waals surface area contributed by atoms with Crippen molar-refractivity contribution in [3.8, 4) is 0 Å². The molecule has 5 nitrogen and oxygen atoms in total. The van der Waals surface area contributed by atoms with Crippen LogP contribution in [-0.2, 0) is 6.42 Å². The van der Waals surface area contributed by atoms with Crippen molar-refractivity contribution in [3.05, 3.63) is 53.4 Å². The average molecular weight is 327 g/mol. The summed E-state index contributed by atoms with van der Waals surface area (Å²) in [7, 11) is 0. The smallest absolute Gasteiger partial charge is 0.259 e. The highest BCUT2D eigenvalue weighted by Gasteiger charge is 2.22. The van der Waals surface area contributed by atoms with Gasteiger partial charge >= 0.3 is 0 Å². The van der Waals surface area contributed by atoms with Gasteiger partial charge in [0.2, 0.25) is 0 Å². The van der Waals surface area contributed by atoms with Crippen molar-refractivity contribution in [2.75, 3.05) is 32.7 Å². The molecule has 3 rings (SSSR count). The highest BCUT2D eigenvalue weighted by Crippen LogP contribution is 2.13. The Kier molecular flexibility index (Phi) is 5.64. The molecule has 24 heavy (non-hydrogen) atoms. The van der Waals surface area contributed by atoms with E-state index >= 15 is 0 Å². The number of hydrogen-bond acceptors (Lipinski definition) is 4. The van der Waals surface area contributed by atoms with Gasteiger partial charge in [-0.2, -0.15) is 0 Å². The van der Waals surface area contributed by atoms with Gasteiger partial charge in [0.05, 0.1) is 6.20 Å². The van der Waals surface area contributed by atoms with Crippen LogP contribution in [0.2, 0.25) is 0 Å². The van der Waals surface area contributed by atoms with E-state index in [4.69, 9.17) is 4.52 Å². The molecule has 1 saturated heterocycles. The number of aryl methyl sites for hydroxylation is 2. The van der Waals surface area contributed by atoms with Gasteiger partial charge in [0.25, 0.3) is 5.91 Å². The number of carbonyl (C=O) groups is 1. The Balaban J connectivity index is 1.46. The van der Waals surface area contributed by atoms with Gasteiger partial charge in [-0.15, -0.1) is 0 Å². The zero-order valence-electron chi connectivity index (χ0n) is 14.3. The molecule has 0 N–H and O–H groups in total. The molecule has 0 aliphatic carbocycles. The van der Waals surface area contributed by atoms with E-state index in [1.807, 2.05) is 4.90 Å². The number of nitrogens with zero attached hydrogens (tertiary/aromatic N) is 3. The van der Waals surface area contributed by atoms with Gasteiger partial charge in [-0.25, -0.2) is 0 Å². The normalized spacial score (nSPS) is 16.1. The summed E-state index contributed by atoms with van der Waals surface area (Å²) in [6.07, 6.45) is 4.81. The first-order valence-electron chi connectivity index (χ1n) is 8.71. The first-order chi connectivity index (χ1) is 11.7. The van der Waals surface area contributed by atoms with Crippen molar-refractivity contribution < 1.29 is 9.32 Å². The fourth-order valence-electron chi connectivity index (χ4n) is 3.22. The van der Waals surface area contributed by atoms with E-state index < -0.39 is 0 Å². The number of benzene rings is 1. The van der Waals surface area contributed by atoms with E-state index in [0.717, 1.165) is 52.0 Å². The van der Waals surface area contributed by atoms with Crippen molar-refractivity contribution in [2.24, 2.45) is 0 Å². The summed E-state index contributed by atoms with van der Waals surface area (Å²) >= 11 is 0. The zero-order chi connectivity index (χ0) is 16.8. The van der Waals surface area contributed by atoms with Gasteiger partial charge in [-0.3, -0.25) is 4.79 Å². The van der Waals surface area contributed by atoms with Crippen LogP contribution in [0.5, 0.6) is 0 Å². The monoisotopic (exact) mass is 327 g/mol. The summed E-state index contributed by atoms with van der Waals surface area (Å²) in [5.74, 6) is 0.642. The van der Waals surface area contributed by atoms with Crippen molar-refractivity contribution >= 4 is 5.91 Å².